The summed E-state index contributed by atoms with van der Waals surface area (Å²) in [6.07, 6.45) is 7.13. The number of pyridine rings is 1. The molecule has 0 aromatic carbocycles. The first-order chi connectivity index (χ1) is 14.8. The van der Waals surface area contributed by atoms with Crippen molar-refractivity contribution < 1.29 is 12.8 Å². The van der Waals surface area contributed by atoms with Crippen LogP contribution in [0, 0.1) is 5.95 Å². The van der Waals surface area contributed by atoms with Gasteiger partial charge in [0.15, 0.2) is 5.82 Å². The predicted octanol–water partition coefficient (Wildman–Crippen LogP) is 2.89. The molecule has 10 nitrogen and oxygen atoms in total. The lowest BCUT2D eigenvalue weighted by molar-refractivity contribution is 0.492. The molecule has 1 aliphatic rings. The zero-order valence-corrected chi connectivity index (χ0v) is 17.6. The summed E-state index contributed by atoms with van der Waals surface area (Å²) in [4.78, 5) is 12.9. The molecule has 31 heavy (non-hydrogen) atoms. The summed E-state index contributed by atoms with van der Waals surface area (Å²) in [5.41, 5.74) is 1.10. The molecule has 0 saturated heterocycles. The Morgan fingerprint density at radius 3 is 2.74 bits per heavy atom. The Balaban J connectivity index is 1.44. The monoisotopic (exact) mass is 442 g/mol. The fraction of sp³-hybridized carbons (Fsp3) is 0.316. The lowest BCUT2D eigenvalue weighted by Crippen LogP contribution is -2.17. The second-order valence-corrected chi connectivity index (χ2v) is 9.72. The Hall–Kier alpha value is -3.41. The van der Waals surface area contributed by atoms with Crippen molar-refractivity contribution in [1.29, 1.82) is 0 Å². The number of hydrogen-bond acceptors (Lipinski definition) is 8. The summed E-state index contributed by atoms with van der Waals surface area (Å²) >= 11 is 0. The molecule has 0 unspecified atom stereocenters. The summed E-state index contributed by atoms with van der Waals surface area (Å²) in [7, 11) is -3.46. The first-order valence-corrected chi connectivity index (χ1v) is 11.3. The van der Waals surface area contributed by atoms with Gasteiger partial charge in [-0.25, -0.2) is 23.4 Å². The van der Waals surface area contributed by atoms with E-state index in [2.05, 4.69) is 30.5 Å². The first kappa shape index (κ1) is 19.5. The van der Waals surface area contributed by atoms with Crippen molar-refractivity contribution in [3.05, 3.63) is 42.9 Å². The van der Waals surface area contributed by atoms with E-state index in [-0.39, 0.29) is 11.3 Å². The number of hydrogen-bond donors (Lipinski definition) is 1. The van der Waals surface area contributed by atoms with Gasteiger partial charge in [-0.2, -0.15) is 13.6 Å². The van der Waals surface area contributed by atoms with Crippen LogP contribution in [0.15, 0.2) is 36.9 Å². The summed E-state index contributed by atoms with van der Waals surface area (Å²) < 4.78 is 41.3. The zero-order valence-electron chi connectivity index (χ0n) is 16.8. The molecule has 0 aliphatic heterocycles. The highest BCUT2D eigenvalue weighted by atomic mass is 32.2. The van der Waals surface area contributed by atoms with Gasteiger partial charge in [0.25, 0.3) is 10.0 Å². The molecule has 160 valence electrons. The third-order valence-corrected chi connectivity index (χ3v) is 7.01. The number of aromatic nitrogens is 7. The predicted molar refractivity (Wildman–Crippen MR) is 112 cm³/mol. The molecule has 0 radical (unpaired) electrons. The molecule has 4 aromatic heterocycles. The van der Waals surface area contributed by atoms with Gasteiger partial charge in [-0.05, 0) is 32.8 Å². The minimum absolute atomic E-state index is 0.0173. The first-order valence-electron chi connectivity index (χ1n) is 9.76. The Morgan fingerprint density at radius 1 is 1.19 bits per heavy atom. The highest BCUT2D eigenvalue weighted by molar-refractivity contribution is 7.90. The van der Waals surface area contributed by atoms with Crippen molar-refractivity contribution in [2.24, 2.45) is 0 Å². The zero-order chi connectivity index (χ0) is 21.8. The number of nitrogens with zero attached hydrogens (tertiary/aromatic N) is 7. The van der Waals surface area contributed by atoms with E-state index in [0.717, 1.165) is 4.09 Å². The van der Waals surface area contributed by atoms with E-state index in [4.69, 9.17) is 0 Å². The summed E-state index contributed by atoms with van der Waals surface area (Å²) in [6.45, 7) is 3.83. The Labute approximate surface area is 177 Å². The minimum Gasteiger partial charge on any atom is -0.325 e. The van der Waals surface area contributed by atoms with Gasteiger partial charge in [-0.3, -0.25) is 4.68 Å². The minimum atomic E-state index is -3.46. The number of rotatable bonds is 6. The molecule has 4 aromatic rings. The van der Waals surface area contributed by atoms with E-state index in [1.807, 2.05) is 13.8 Å². The molecule has 0 amide bonds. The maximum atomic E-state index is 14.0. The maximum absolute atomic E-state index is 14.0. The molecule has 4 heterocycles. The maximum Gasteiger partial charge on any atom is 0.256 e. The van der Waals surface area contributed by atoms with Gasteiger partial charge in [-0.1, -0.05) is 0 Å². The number of nitrogens with one attached hydrogen (secondary N) is 1. The van der Waals surface area contributed by atoms with E-state index in [0.29, 0.717) is 46.8 Å². The van der Waals surface area contributed by atoms with Crippen LogP contribution in [0.25, 0.3) is 22.3 Å². The SMILES string of the molecule is CC(C)n1nc(F)c2cnc(Nc3ccnc(-c4cnn(S(=O)(=O)C5CC5)c4)n3)cc21. The second kappa shape index (κ2) is 7.08. The van der Waals surface area contributed by atoms with Gasteiger partial charge in [0.05, 0.1) is 34.1 Å². The Bertz CT molecular complexity index is 1390. The molecule has 1 N–H and O–H groups in total. The van der Waals surface area contributed by atoms with Crippen molar-refractivity contribution in [3.63, 3.8) is 0 Å². The molecular weight excluding hydrogens is 423 g/mol. The van der Waals surface area contributed by atoms with Gasteiger partial charge in [0.1, 0.15) is 11.6 Å². The lowest BCUT2D eigenvalue weighted by Gasteiger charge is -2.09. The van der Waals surface area contributed by atoms with E-state index < -0.39 is 16.0 Å². The van der Waals surface area contributed by atoms with Crippen LogP contribution < -0.4 is 5.32 Å². The van der Waals surface area contributed by atoms with Crippen LogP contribution in [-0.4, -0.2) is 47.6 Å². The standard InChI is InChI=1S/C19H19FN8O2S/c1-11(2)28-15-7-17(22-9-14(15)18(20)26-28)24-16-5-6-21-19(25-16)12-8-23-27(10-12)31(29,30)13-3-4-13/h5-11,13H,3-4H2,1-2H3,(H,21,22,24,25). The van der Waals surface area contributed by atoms with Crippen molar-refractivity contribution in [1.82, 2.24) is 33.9 Å². The average Bonchev–Trinajstić information content (AvgIpc) is 3.39. The van der Waals surface area contributed by atoms with Gasteiger partial charge in [0, 0.05) is 24.5 Å². The van der Waals surface area contributed by atoms with E-state index in [9.17, 15) is 12.8 Å². The number of fused-ring (bicyclic) bond motifs is 1. The molecule has 1 fully saturated rings. The fourth-order valence-corrected chi connectivity index (χ4v) is 4.71. The van der Waals surface area contributed by atoms with Crippen LogP contribution in [0.3, 0.4) is 0 Å². The fourth-order valence-electron chi connectivity index (χ4n) is 3.23. The van der Waals surface area contributed by atoms with E-state index in [1.54, 1.807) is 23.0 Å². The van der Waals surface area contributed by atoms with E-state index in [1.165, 1.54) is 18.6 Å². The molecule has 0 atom stereocenters. The van der Waals surface area contributed by atoms with Crippen molar-refractivity contribution in [3.8, 4) is 11.4 Å². The molecule has 1 aliphatic carbocycles. The molecular formula is C19H19FN8O2S. The number of halogens is 1. The second-order valence-electron chi connectivity index (χ2n) is 7.65. The Morgan fingerprint density at radius 2 is 2.00 bits per heavy atom. The Kier molecular flexibility index (Phi) is 4.46. The average molecular weight is 442 g/mol. The quantitative estimate of drug-likeness (QED) is 0.484. The largest absolute Gasteiger partial charge is 0.325 e. The highest BCUT2D eigenvalue weighted by Gasteiger charge is 2.37. The lowest BCUT2D eigenvalue weighted by atomic mass is 10.3. The molecule has 0 spiro atoms. The highest BCUT2D eigenvalue weighted by Crippen LogP contribution is 2.30. The molecule has 0 bridgehead atoms. The van der Waals surface area contributed by atoms with Crippen molar-refractivity contribution in [2.75, 3.05) is 5.32 Å². The normalized spacial score (nSPS) is 14.5. The molecule has 12 heteroatoms. The van der Waals surface area contributed by atoms with Gasteiger partial charge >= 0.3 is 0 Å². The van der Waals surface area contributed by atoms with Crippen molar-refractivity contribution >= 4 is 32.6 Å². The topological polar surface area (TPSA) is 120 Å². The van der Waals surface area contributed by atoms with Gasteiger partial charge < -0.3 is 5.32 Å². The van der Waals surface area contributed by atoms with Crippen molar-refractivity contribution in [2.45, 2.75) is 38.0 Å². The summed E-state index contributed by atoms with van der Waals surface area (Å²) in [5.74, 6) is 0.670. The van der Waals surface area contributed by atoms with Gasteiger partial charge in [-0.15, -0.1) is 5.10 Å². The third-order valence-electron chi connectivity index (χ3n) is 4.97. The van der Waals surface area contributed by atoms with Crippen LogP contribution in [0.2, 0.25) is 0 Å². The number of anilines is 2. The summed E-state index contributed by atoms with van der Waals surface area (Å²) in [5, 5.41) is 11.0. The molecule has 1 saturated carbocycles. The van der Waals surface area contributed by atoms with Gasteiger partial charge in [0.2, 0.25) is 5.95 Å². The summed E-state index contributed by atoms with van der Waals surface area (Å²) in [6, 6.07) is 3.34. The van der Waals surface area contributed by atoms with Crippen LogP contribution in [0.4, 0.5) is 16.0 Å². The van der Waals surface area contributed by atoms with Crippen LogP contribution >= 0.6 is 0 Å². The molecule has 5 rings (SSSR count). The van der Waals surface area contributed by atoms with Crippen LogP contribution in [0.1, 0.15) is 32.7 Å². The third kappa shape index (κ3) is 3.52. The van der Waals surface area contributed by atoms with Crippen LogP contribution in [-0.2, 0) is 10.0 Å². The van der Waals surface area contributed by atoms with E-state index >= 15 is 0 Å². The van der Waals surface area contributed by atoms with Crippen LogP contribution in [0.5, 0.6) is 0 Å². The smallest absolute Gasteiger partial charge is 0.256 e.